The van der Waals surface area contributed by atoms with E-state index in [1.54, 1.807) is 0 Å². The molecule has 33 heavy (non-hydrogen) atoms. The van der Waals surface area contributed by atoms with Gasteiger partial charge in [0, 0.05) is 19.6 Å². The molecule has 0 aliphatic carbocycles. The lowest BCUT2D eigenvalue weighted by molar-refractivity contribution is -0.125. The molecule has 7 nitrogen and oxygen atoms in total. The van der Waals surface area contributed by atoms with Crippen molar-refractivity contribution in [1.82, 2.24) is 25.1 Å². The summed E-state index contributed by atoms with van der Waals surface area (Å²) in [5.41, 5.74) is 4.94. The number of hydrogen-bond donors (Lipinski definition) is 2. The number of nitriles is 1. The van der Waals surface area contributed by atoms with Crippen LogP contribution in [0.5, 0.6) is 0 Å². The maximum absolute atomic E-state index is 12.4. The second-order valence-corrected chi connectivity index (χ2v) is 9.05. The molecule has 1 unspecified atom stereocenters. The van der Waals surface area contributed by atoms with Gasteiger partial charge in [0.05, 0.1) is 42.6 Å². The molecule has 0 radical (unpaired) electrons. The van der Waals surface area contributed by atoms with Crippen LogP contribution >= 0.6 is 0 Å². The van der Waals surface area contributed by atoms with E-state index in [9.17, 15) is 4.79 Å². The Labute approximate surface area is 194 Å². The zero-order valence-corrected chi connectivity index (χ0v) is 18.8. The third-order valence-electron chi connectivity index (χ3n) is 6.95. The van der Waals surface area contributed by atoms with E-state index in [0.717, 1.165) is 37.2 Å². The third-order valence-corrected chi connectivity index (χ3v) is 6.95. The first kappa shape index (κ1) is 21.4. The number of benzene rings is 2. The van der Waals surface area contributed by atoms with Crippen molar-refractivity contribution in [3.63, 3.8) is 0 Å². The molecule has 0 saturated carbocycles. The summed E-state index contributed by atoms with van der Waals surface area (Å²) in [4.78, 5) is 19.4. The zero-order chi connectivity index (χ0) is 22.8. The van der Waals surface area contributed by atoms with Gasteiger partial charge in [-0.1, -0.05) is 42.0 Å². The summed E-state index contributed by atoms with van der Waals surface area (Å²) in [6.45, 7) is 5.00. The van der Waals surface area contributed by atoms with Crippen molar-refractivity contribution in [3.05, 3.63) is 89.0 Å². The number of aryl methyl sites for hydroxylation is 1. The smallest absolute Gasteiger partial charge is 0.241 e. The average Bonchev–Trinajstić information content (AvgIpc) is 3.43. The molecule has 0 bridgehead atoms. The minimum absolute atomic E-state index is 0.0487. The average molecular weight is 441 g/mol. The lowest BCUT2D eigenvalue weighted by atomic mass is 9.86. The zero-order valence-electron chi connectivity index (χ0n) is 18.8. The van der Waals surface area contributed by atoms with Crippen molar-refractivity contribution < 1.29 is 4.79 Å². The van der Waals surface area contributed by atoms with Crippen LogP contribution in [0.25, 0.3) is 0 Å². The molecule has 2 N–H and O–H groups in total. The summed E-state index contributed by atoms with van der Waals surface area (Å²) in [5.74, 6) is 0.125. The Morgan fingerprint density at radius 2 is 1.97 bits per heavy atom. The fraction of sp³-hybridized carbons (Fsp3) is 0.346. The van der Waals surface area contributed by atoms with Crippen LogP contribution in [0.15, 0.2) is 61.1 Å². The topological polar surface area (TPSA) is 86.0 Å². The number of imidazole rings is 1. The fourth-order valence-electron chi connectivity index (χ4n) is 5.09. The molecule has 2 fully saturated rings. The molecule has 5 rings (SSSR count). The second kappa shape index (κ2) is 8.81. The number of rotatable bonds is 5. The Morgan fingerprint density at radius 3 is 2.64 bits per heavy atom. The van der Waals surface area contributed by atoms with E-state index in [4.69, 9.17) is 5.26 Å². The van der Waals surface area contributed by atoms with Crippen molar-refractivity contribution in [2.24, 2.45) is 0 Å². The minimum Gasteiger partial charge on any atom is -0.342 e. The SMILES string of the molecule is Cc1cccc(C(c2cncn2Cc2ccc(C#N)cc2)N2CCC3(CC2)NCNC3=O)c1. The molecule has 168 valence electrons. The highest BCUT2D eigenvalue weighted by atomic mass is 16.2. The van der Waals surface area contributed by atoms with Crippen LogP contribution in [0.1, 0.15) is 46.8 Å². The van der Waals surface area contributed by atoms with Crippen molar-refractivity contribution in [2.45, 2.75) is 37.9 Å². The van der Waals surface area contributed by atoms with Gasteiger partial charge in [0.25, 0.3) is 0 Å². The van der Waals surface area contributed by atoms with E-state index in [2.05, 4.69) is 62.3 Å². The van der Waals surface area contributed by atoms with E-state index >= 15 is 0 Å². The molecule has 3 heterocycles. The Kier molecular flexibility index (Phi) is 5.71. The molecule has 2 aromatic carbocycles. The van der Waals surface area contributed by atoms with Crippen molar-refractivity contribution in [1.29, 1.82) is 5.26 Å². The first-order chi connectivity index (χ1) is 16.1. The number of nitrogens with zero attached hydrogens (tertiary/aromatic N) is 4. The predicted molar refractivity (Wildman–Crippen MR) is 125 cm³/mol. The lowest BCUT2D eigenvalue weighted by Crippen LogP contribution is -2.55. The number of piperidine rings is 1. The normalized spacial score (nSPS) is 18.7. The van der Waals surface area contributed by atoms with Crippen molar-refractivity contribution >= 4 is 5.91 Å². The van der Waals surface area contributed by atoms with Gasteiger partial charge in [0.2, 0.25) is 5.91 Å². The molecule has 2 aliphatic rings. The summed E-state index contributed by atoms with van der Waals surface area (Å²) in [6, 6.07) is 18.6. The van der Waals surface area contributed by atoms with Gasteiger partial charge in [0.15, 0.2) is 0 Å². The molecular weight excluding hydrogens is 412 g/mol. The summed E-state index contributed by atoms with van der Waals surface area (Å²) >= 11 is 0. The molecule has 2 aliphatic heterocycles. The summed E-state index contributed by atoms with van der Waals surface area (Å²) < 4.78 is 2.19. The van der Waals surface area contributed by atoms with Crippen LogP contribution in [0.4, 0.5) is 0 Å². The van der Waals surface area contributed by atoms with Gasteiger partial charge in [-0.3, -0.25) is 15.0 Å². The summed E-state index contributed by atoms with van der Waals surface area (Å²) in [6.07, 6.45) is 5.41. The quantitative estimate of drug-likeness (QED) is 0.637. The lowest BCUT2D eigenvalue weighted by Gasteiger charge is -2.41. The van der Waals surface area contributed by atoms with Crippen LogP contribution in [0.2, 0.25) is 0 Å². The van der Waals surface area contributed by atoms with Gasteiger partial charge in [-0.05, 0) is 43.0 Å². The van der Waals surface area contributed by atoms with Crippen LogP contribution in [-0.4, -0.2) is 45.7 Å². The highest BCUT2D eigenvalue weighted by Gasteiger charge is 2.45. The molecule has 1 spiro atoms. The van der Waals surface area contributed by atoms with Gasteiger partial charge < -0.3 is 9.88 Å². The first-order valence-electron chi connectivity index (χ1n) is 11.4. The van der Waals surface area contributed by atoms with Crippen molar-refractivity contribution in [3.8, 4) is 6.07 Å². The van der Waals surface area contributed by atoms with Crippen LogP contribution in [0.3, 0.4) is 0 Å². The Hall–Kier alpha value is -3.47. The maximum Gasteiger partial charge on any atom is 0.241 e. The van der Waals surface area contributed by atoms with Crippen LogP contribution in [-0.2, 0) is 11.3 Å². The number of hydrogen-bond acceptors (Lipinski definition) is 5. The van der Waals surface area contributed by atoms with Crippen LogP contribution < -0.4 is 10.6 Å². The molecule has 7 heteroatoms. The van der Waals surface area contributed by atoms with E-state index in [1.165, 1.54) is 11.1 Å². The standard InChI is InChI=1S/C26H28N6O/c1-19-3-2-4-22(13-19)24(31-11-9-26(10-12-31)25(33)29-17-30-26)23-15-28-18-32(23)16-21-7-5-20(14-27)6-8-21/h2-8,13,15,18,24,30H,9-12,16-17H2,1H3,(H,29,33). The molecule has 1 atom stereocenters. The van der Waals surface area contributed by atoms with E-state index in [-0.39, 0.29) is 11.9 Å². The number of likely N-dealkylation sites (tertiary alicyclic amines) is 1. The molecule has 2 saturated heterocycles. The highest BCUT2D eigenvalue weighted by molar-refractivity contribution is 5.88. The monoisotopic (exact) mass is 440 g/mol. The third kappa shape index (κ3) is 4.15. The van der Waals surface area contributed by atoms with E-state index in [0.29, 0.717) is 18.8 Å². The molecule has 3 aromatic rings. The molecule has 1 amide bonds. The van der Waals surface area contributed by atoms with Gasteiger partial charge in [0.1, 0.15) is 5.54 Å². The Balaban J connectivity index is 1.45. The fourth-order valence-corrected chi connectivity index (χ4v) is 5.09. The Morgan fingerprint density at radius 1 is 1.18 bits per heavy atom. The van der Waals surface area contributed by atoms with E-state index in [1.807, 2.05) is 36.8 Å². The van der Waals surface area contributed by atoms with Crippen molar-refractivity contribution in [2.75, 3.05) is 19.8 Å². The maximum atomic E-state index is 12.4. The van der Waals surface area contributed by atoms with Gasteiger partial charge in [-0.25, -0.2) is 4.98 Å². The van der Waals surface area contributed by atoms with Gasteiger partial charge in [-0.15, -0.1) is 0 Å². The van der Waals surface area contributed by atoms with E-state index < -0.39 is 5.54 Å². The minimum atomic E-state index is -0.434. The second-order valence-electron chi connectivity index (χ2n) is 9.05. The Bertz CT molecular complexity index is 1180. The largest absolute Gasteiger partial charge is 0.342 e. The summed E-state index contributed by atoms with van der Waals surface area (Å²) in [5, 5.41) is 15.4. The molecule has 1 aromatic heterocycles. The number of carbonyl (C=O) groups is 1. The van der Waals surface area contributed by atoms with Gasteiger partial charge >= 0.3 is 0 Å². The number of carbonyl (C=O) groups excluding carboxylic acids is 1. The number of nitrogens with one attached hydrogen (secondary N) is 2. The first-order valence-corrected chi connectivity index (χ1v) is 11.4. The van der Waals surface area contributed by atoms with Gasteiger partial charge in [-0.2, -0.15) is 5.26 Å². The van der Waals surface area contributed by atoms with Crippen LogP contribution in [0, 0.1) is 18.3 Å². The number of aromatic nitrogens is 2. The predicted octanol–water partition coefficient (Wildman–Crippen LogP) is 2.71. The summed E-state index contributed by atoms with van der Waals surface area (Å²) in [7, 11) is 0. The highest BCUT2D eigenvalue weighted by Crippen LogP contribution is 2.35. The number of amides is 1. The molecular formula is C26H28N6O.